The number of aryl methyl sites for hydroxylation is 1. The van der Waals surface area contributed by atoms with Crippen LogP contribution < -0.4 is 5.73 Å². The van der Waals surface area contributed by atoms with Crippen LogP contribution in [0.4, 0.5) is 0 Å². The fourth-order valence-corrected chi connectivity index (χ4v) is 1.08. The molecule has 0 aliphatic rings. The molecule has 0 bridgehead atoms. The number of benzene rings is 1. The van der Waals surface area contributed by atoms with Gasteiger partial charge in [0.1, 0.15) is 0 Å². The molecule has 0 aliphatic carbocycles. The molecule has 1 unspecified atom stereocenters. The Balaban J connectivity index is 0.00000121. The zero-order chi connectivity index (χ0) is 8.43. The summed E-state index contributed by atoms with van der Waals surface area (Å²) in [4.78, 5) is 0. The van der Waals surface area contributed by atoms with E-state index in [0.29, 0.717) is 0 Å². The van der Waals surface area contributed by atoms with Crippen molar-refractivity contribution < 1.29 is 0 Å². The van der Waals surface area contributed by atoms with Gasteiger partial charge in [0.15, 0.2) is 0 Å². The van der Waals surface area contributed by atoms with Crippen LogP contribution in [0, 0.1) is 6.92 Å². The average Bonchev–Trinajstić information content (AvgIpc) is 1.94. The molecule has 0 spiro atoms. The molecule has 0 aliphatic heterocycles. The summed E-state index contributed by atoms with van der Waals surface area (Å²) in [5, 5.41) is 0.791. The van der Waals surface area contributed by atoms with Crippen LogP contribution in [0.15, 0.2) is 18.2 Å². The standard InChI is InChI=1S/C9H12ClN.ClH/c1-6-3-4-8(7(2)11)5-9(6)10;/h3-5,7H,11H2,1-2H3;1H. The highest BCUT2D eigenvalue weighted by Crippen LogP contribution is 2.19. The highest BCUT2D eigenvalue weighted by atomic mass is 35.5. The third-order valence-electron chi connectivity index (χ3n) is 1.72. The van der Waals surface area contributed by atoms with Gasteiger partial charge in [-0.15, -0.1) is 12.4 Å². The first-order chi connectivity index (χ1) is 5.11. The van der Waals surface area contributed by atoms with Crippen molar-refractivity contribution in [3.05, 3.63) is 34.3 Å². The lowest BCUT2D eigenvalue weighted by atomic mass is 10.1. The predicted molar refractivity (Wildman–Crippen MR) is 56.0 cm³/mol. The SMILES string of the molecule is Cc1ccc(C(C)N)cc1Cl.Cl. The molecule has 0 saturated heterocycles. The maximum Gasteiger partial charge on any atom is 0.0438 e. The normalized spacial score (nSPS) is 12.0. The van der Waals surface area contributed by atoms with Crippen molar-refractivity contribution in [1.29, 1.82) is 0 Å². The van der Waals surface area contributed by atoms with E-state index in [0.717, 1.165) is 16.1 Å². The predicted octanol–water partition coefficient (Wildman–Crippen LogP) is 3.09. The van der Waals surface area contributed by atoms with Gasteiger partial charge in [-0.05, 0) is 31.0 Å². The minimum Gasteiger partial charge on any atom is -0.324 e. The number of halogens is 2. The second-order valence-electron chi connectivity index (χ2n) is 2.80. The fourth-order valence-electron chi connectivity index (χ4n) is 0.892. The molecule has 68 valence electrons. The van der Waals surface area contributed by atoms with Gasteiger partial charge >= 0.3 is 0 Å². The maximum absolute atomic E-state index is 5.90. The average molecular weight is 206 g/mol. The lowest BCUT2D eigenvalue weighted by molar-refractivity contribution is 0.818. The minimum absolute atomic E-state index is 0. The van der Waals surface area contributed by atoms with Gasteiger partial charge in [0.25, 0.3) is 0 Å². The maximum atomic E-state index is 5.90. The van der Waals surface area contributed by atoms with E-state index < -0.39 is 0 Å². The van der Waals surface area contributed by atoms with Crippen molar-refractivity contribution in [1.82, 2.24) is 0 Å². The van der Waals surface area contributed by atoms with Gasteiger partial charge in [-0.2, -0.15) is 0 Å². The molecule has 0 saturated carbocycles. The van der Waals surface area contributed by atoms with Gasteiger partial charge in [-0.3, -0.25) is 0 Å². The van der Waals surface area contributed by atoms with Crippen molar-refractivity contribution in [2.24, 2.45) is 5.73 Å². The van der Waals surface area contributed by atoms with E-state index in [1.807, 2.05) is 32.0 Å². The summed E-state index contributed by atoms with van der Waals surface area (Å²) in [6.45, 7) is 3.92. The van der Waals surface area contributed by atoms with Crippen LogP contribution in [0.1, 0.15) is 24.1 Å². The second-order valence-corrected chi connectivity index (χ2v) is 3.20. The number of rotatable bonds is 1. The van der Waals surface area contributed by atoms with E-state index >= 15 is 0 Å². The lowest BCUT2D eigenvalue weighted by Crippen LogP contribution is -2.04. The molecular weight excluding hydrogens is 193 g/mol. The largest absolute Gasteiger partial charge is 0.324 e. The quantitative estimate of drug-likeness (QED) is 0.750. The van der Waals surface area contributed by atoms with Crippen LogP contribution in [-0.2, 0) is 0 Å². The summed E-state index contributed by atoms with van der Waals surface area (Å²) >= 11 is 5.90. The monoisotopic (exact) mass is 205 g/mol. The lowest BCUT2D eigenvalue weighted by Gasteiger charge is -2.06. The van der Waals surface area contributed by atoms with E-state index in [4.69, 9.17) is 17.3 Å². The third kappa shape index (κ3) is 2.67. The molecule has 0 fully saturated rings. The van der Waals surface area contributed by atoms with Crippen LogP contribution in [0.5, 0.6) is 0 Å². The summed E-state index contributed by atoms with van der Waals surface area (Å²) in [6, 6.07) is 5.97. The van der Waals surface area contributed by atoms with Gasteiger partial charge < -0.3 is 5.73 Å². The van der Waals surface area contributed by atoms with Gasteiger partial charge in [-0.25, -0.2) is 0 Å². The Morgan fingerprint density at radius 1 is 1.42 bits per heavy atom. The first-order valence-electron chi connectivity index (χ1n) is 3.63. The Kier molecular flexibility index (Phi) is 4.61. The van der Waals surface area contributed by atoms with E-state index in [1.165, 1.54) is 0 Å². The highest BCUT2D eigenvalue weighted by Gasteiger charge is 2.00. The molecule has 1 rings (SSSR count). The number of hydrogen-bond donors (Lipinski definition) is 1. The Morgan fingerprint density at radius 2 is 2.00 bits per heavy atom. The zero-order valence-electron chi connectivity index (χ0n) is 7.17. The van der Waals surface area contributed by atoms with Crippen LogP contribution in [0.3, 0.4) is 0 Å². The molecule has 3 heteroatoms. The highest BCUT2D eigenvalue weighted by molar-refractivity contribution is 6.31. The Bertz CT molecular complexity index is 259. The Hall–Kier alpha value is -0.240. The minimum atomic E-state index is 0. The third-order valence-corrected chi connectivity index (χ3v) is 2.13. The second kappa shape index (κ2) is 4.70. The molecule has 12 heavy (non-hydrogen) atoms. The van der Waals surface area contributed by atoms with E-state index in [1.54, 1.807) is 0 Å². The van der Waals surface area contributed by atoms with Crippen molar-refractivity contribution in [2.45, 2.75) is 19.9 Å². The molecule has 0 radical (unpaired) electrons. The van der Waals surface area contributed by atoms with E-state index in [-0.39, 0.29) is 18.4 Å². The van der Waals surface area contributed by atoms with Crippen molar-refractivity contribution in [2.75, 3.05) is 0 Å². The summed E-state index contributed by atoms with van der Waals surface area (Å²) in [5.41, 5.74) is 7.85. The molecule has 0 heterocycles. The molecular formula is C9H13Cl2N. The molecule has 0 aromatic heterocycles. The van der Waals surface area contributed by atoms with Crippen LogP contribution in [0.2, 0.25) is 5.02 Å². The number of nitrogens with two attached hydrogens (primary N) is 1. The van der Waals surface area contributed by atoms with Crippen molar-refractivity contribution >= 4 is 24.0 Å². The molecule has 1 aromatic carbocycles. The van der Waals surface area contributed by atoms with E-state index in [2.05, 4.69) is 0 Å². The van der Waals surface area contributed by atoms with Crippen LogP contribution in [-0.4, -0.2) is 0 Å². The Labute approximate surface area is 84.3 Å². The molecule has 1 aromatic rings. The summed E-state index contributed by atoms with van der Waals surface area (Å²) in [5.74, 6) is 0. The summed E-state index contributed by atoms with van der Waals surface area (Å²) in [7, 11) is 0. The molecule has 2 N–H and O–H groups in total. The summed E-state index contributed by atoms with van der Waals surface area (Å²) < 4.78 is 0. The van der Waals surface area contributed by atoms with Crippen LogP contribution >= 0.6 is 24.0 Å². The van der Waals surface area contributed by atoms with Gasteiger partial charge in [0.2, 0.25) is 0 Å². The first kappa shape index (κ1) is 11.8. The summed E-state index contributed by atoms with van der Waals surface area (Å²) in [6.07, 6.45) is 0. The first-order valence-corrected chi connectivity index (χ1v) is 4.00. The topological polar surface area (TPSA) is 26.0 Å². The zero-order valence-corrected chi connectivity index (χ0v) is 8.75. The van der Waals surface area contributed by atoms with Crippen molar-refractivity contribution in [3.8, 4) is 0 Å². The van der Waals surface area contributed by atoms with Gasteiger partial charge in [-0.1, -0.05) is 23.7 Å². The Morgan fingerprint density at radius 3 is 2.42 bits per heavy atom. The van der Waals surface area contributed by atoms with Crippen LogP contribution in [0.25, 0.3) is 0 Å². The molecule has 0 amide bonds. The van der Waals surface area contributed by atoms with E-state index in [9.17, 15) is 0 Å². The van der Waals surface area contributed by atoms with Gasteiger partial charge in [0.05, 0.1) is 0 Å². The van der Waals surface area contributed by atoms with Gasteiger partial charge in [0, 0.05) is 11.1 Å². The smallest absolute Gasteiger partial charge is 0.0438 e. The number of hydrogen-bond acceptors (Lipinski definition) is 1. The molecule has 1 atom stereocenters. The van der Waals surface area contributed by atoms with Crippen molar-refractivity contribution in [3.63, 3.8) is 0 Å². The molecule has 1 nitrogen and oxygen atoms in total. The fraction of sp³-hybridized carbons (Fsp3) is 0.333.